The van der Waals surface area contributed by atoms with E-state index in [4.69, 9.17) is 14.2 Å². The lowest BCUT2D eigenvalue weighted by atomic mass is 10.1. The Morgan fingerprint density at radius 1 is 1.06 bits per heavy atom. The van der Waals surface area contributed by atoms with Crippen LogP contribution in [-0.2, 0) is 14.2 Å². The summed E-state index contributed by atoms with van der Waals surface area (Å²) in [5.41, 5.74) is 0.972. The Bertz CT molecular complexity index is 349. The summed E-state index contributed by atoms with van der Waals surface area (Å²) in [5.74, 6) is 0. The second-order valence-electron chi connectivity index (χ2n) is 4.12. The minimum Gasteiger partial charge on any atom is -0.388 e. The van der Waals surface area contributed by atoms with Crippen LogP contribution in [0, 0.1) is 0 Å². The average Bonchev–Trinajstić information content (AvgIpc) is 3.15. The molecule has 4 heteroatoms. The molecule has 2 fully saturated rings. The van der Waals surface area contributed by atoms with Gasteiger partial charge in [-0.25, -0.2) is 0 Å². The summed E-state index contributed by atoms with van der Waals surface area (Å²) in [7, 11) is 0. The molecule has 2 saturated heterocycles. The van der Waals surface area contributed by atoms with Crippen LogP contribution in [0.15, 0.2) is 30.3 Å². The minimum atomic E-state index is -0.590. The van der Waals surface area contributed by atoms with Gasteiger partial charge in [-0.1, -0.05) is 30.3 Å². The van der Waals surface area contributed by atoms with E-state index in [1.807, 2.05) is 30.3 Å². The fourth-order valence-electron chi connectivity index (χ4n) is 1.92. The van der Waals surface area contributed by atoms with Crippen molar-refractivity contribution in [2.75, 3.05) is 13.2 Å². The molecule has 0 radical (unpaired) electrons. The highest BCUT2D eigenvalue weighted by Gasteiger charge is 2.43. The number of benzene rings is 1. The second-order valence-corrected chi connectivity index (χ2v) is 4.12. The first-order valence-corrected chi connectivity index (χ1v) is 5.46. The third-order valence-corrected chi connectivity index (χ3v) is 2.88. The lowest BCUT2D eigenvalue weighted by Crippen LogP contribution is -2.43. The van der Waals surface area contributed by atoms with E-state index in [0.717, 1.165) is 5.56 Å². The summed E-state index contributed by atoms with van der Waals surface area (Å²) in [6.07, 6.45) is -1.21. The summed E-state index contributed by atoms with van der Waals surface area (Å²) in [5, 5.41) is 9.71. The van der Waals surface area contributed by atoms with Gasteiger partial charge in [-0.3, -0.25) is 0 Å². The van der Waals surface area contributed by atoms with Gasteiger partial charge in [-0.15, -0.1) is 0 Å². The lowest BCUT2D eigenvalue weighted by Gasteiger charge is -2.33. The normalized spacial score (nSPS) is 38.3. The molecule has 3 rings (SSSR count). The molecule has 0 saturated carbocycles. The molecule has 4 nitrogen and oxygen atoms in total. The van der Waals surface area contributed by atoms with Crippen LogP contribution in [0.3, 0.4) is 0 Å². The van der Waals surface area contributed by atoms with Gasteiger partial charge >= 0.3 is 0 Å². The molecule has 2 aliphatic rings. The molecule has 0 amide bonds. The van der Waals surface area contributed by atoms with E-state index in [9.17, 15) is 5.11 Å². The van der Waals surface area contributed by atoms with Crippen LogP contribution >= 0.6 is 0 Å². The minimum absolute atomic E-state index is 0.0325. The first-order valence-electron chi connectivity index (χ1n) is 5.46. The van der Waals surface area contributed by atoms with Crippen molar-refractivity contribution in [3.8, 4) is 0 Å². The molecule has 0 unspecified atom stereocenters. The van der Waals surface area contributed by atoms with E-state index in [-0.39, 0.29) is 12.2 Å². The third kappa shape index (κ3) is 1.97. The van der Waals surface area contributed by atoms with Crippen molar-refractivity contribution in [2.24, 2.45) is 0 Å². The van der Waals surface area contributed by atoms with Crippen LogP contribution in [-0.4, -0.2) is 36.6 Å². The first-order chi connectivity index (χ1) is 7.84. The standard InChI is InChI=1S/C12H14O4/c13-9-6-15-12(8-4-2-1-3-5-8)16-11(9)10-7-14-10/h1-5,9-13H,6-7H2/t9-,10+,11+,12+/m1/s1. The van der Waals surface area contributed by atoms with Gasteiger partial charge in [0.1, 0.15) is 18.3 Å². The summed E-state index contributed by atoms with van der Waals surface area (Å²) < 4.78 is 16.3. The van der Waals surface area contributed by atoms with Crippen molar-refractivity contribution < 1.29 is 19.3 Å². The largest absolute Gasteiger partial charge is 0.388 e. The summed E-state index contributed by atoms with van der Waals surface area (Å²) in [6, 6.07) is 9.73. The molecule has 1 aromatic carbocycles. The SMILES string of the molecule is O[C@@H]1CO[C@H](c2ccccc2)O[C@@H]1[C@@H]1CO1. The zero-order valence-corrected chi connectivity index (χ0v) is 8.78. The Kier molecular flexibility index (Phi) is 2.65. The smallest absolute Gasteiger partial charge is 0.184 e. The molecular weight excluding hydrogens is 208 g/mol. The Morgan fingerprint density at radius 2 is 1.81 bits per heavy atom. The van der Waals surface area contributed by atoms with Gasteiger partial charge in [0.15, 0.2) is 6.29 Å². The number of epoxide rings is 1. The van der Waals surface area contributed by atoms with Crippen molar-refractivity contribution in [3.63, 3.8) is 0 Å². The molecule has 2 heterocycles. The molecule has 0 aromatic heterocycles. The van der Waals surface area contributed by atoms with Crippen LogP contribution in [0.2, 0.25) is 0 Å². The molecule has 86 valence electrons. The Balaban J connectivity index is 1.73. The van der Waals surface area contributed by atoms with E-state index < -0.39 is 12.4 Å². The number of hydrogen-bond acceptors (Lipinski definition) is 4. The number of hydrogen-bond donors (Lipinski definition) is 1. The van der Waals surface area contributed by atoms with E-state index in [1.54, 1.807) is 0 Å². The van der Waals surface area contributed by atoms with E-state index in [0.29, 0.717) is 13.2 Å². The fourth-order valence-corrected chi connectivity index (χ4v) is 1.92. The second kappa shape index (κ2) is 4.14. The van der Waals surface area contributed by atoms with E-state index >= 15 is 0 Å². The van der Waals surface area contributed by atoms with Crippen LogP contribution in [0.25, 0.3) is 0 Å². The predicted octanol–water partition coefficient (Wildman–Crippen LogP) is 0.860. The predicted molar refractivity (Wildman–Crippen MR) is 55.8 cm³/mol. The maximum atomic E-state index is 9.71. The number of aliphatic hydroxyl groups is 1. The van der Waals surface area contributed by atoms with Crippen molar-refractivity contribution in [1.82, 2.24) is 0 Å². The topological polar surface area (TPSA) is 51.2 Å². The highest BCUT2D eigenvalue weighted by atomic mass is 16.7. The Hall–Kier alpha value is -0.940. The van der Waals surface area contributed by atoms with Gasteiger partial charge in [0.25, 0.3) is 0 Å². The van der Waals surface area contributed by atoms with Gasteiger partial charge < -0.3 is 19.3 Å². The molecule has 16 heavy (non-hydrogen) atoms. The van der Waals surface area contributed by atoms with Gasteiger partial charge in [0.2, 0.25) is 0 Å². The molecule has 2 aliphatic heterocycles. The molecule has 1 N–H and O–H groups in total. The van der Waals surface area contributed by atoms with Crippen LogP contribution in [0.1, 0.15) is 11.9 Å². The van der Waals surface area contributed by atoms with Gasteiger partial charge in [0.05, 0.1) is 13.2 Å². The maximum Gasteiger partial charge on any atom is 0.184 e. The van der Waals surface area contributed by atoms with E-state index in [2.05, 4.69) is 0 Å². The van der Waals surface area contributed by atoms with Gasteiger partial charge in [0, 0.05) is 5.56 Å². The highest BCUT2D eigenvalue weighted by molar-refractivity contribution is 5.16. The summed E-state index contributed by atoms with van der Waals surface area (Å²) in [6.45, 7) is 0.966. The molecular formula is C12H14O4. The summed E-state index contributed by atoms with van der Waals surface area (Å²) >= 11 is 0. The zero-order valence-electron chi connectivity index (χ0n) is 8.78. The number of aliphatic hydroxyl groups excluding tert-OH is 1. The average molecular weight is 222 g/mol. The first kappa shape index (κ1) is 10.2. The van der Waals surface area contributed by atoms with Crippen molar-refractivity contribution in [3.05, 3.63) is 35.9 Å². The lowest BCUT2D eigenvalue weighted by molar-refractivity contribution is -0.260. The highest BCUT2D eigenvalue weighted by Crippen LogP contribution is 2.31. The number of ether oxygens (including phenoxy) is 3. The molecule has 0 bridgehead atoms. The van der Waals surface area contributed by atoms with Gasteiger partial charge in [-0.05, 0) is 0 Å². The molecule has 0 aliphatic carbocycles. The maximum absolute atomic E-state index is 9.71. The van der Waals surface area contributed by atoms with Gasteiger partial charge in [-0.2, -0.15) is 0 Å². The van der Waals surface area contributed by atoms with Crippen LogP contribution < -0.4 is 0 Å². The molecule has 0 spiro atoms. The third-order valence-electron chi connectivity index (χ3n) is 2.88. The Labute approximate surface area is 93.7 Å². The monoisotopic (exact) mass is 222 g/mol. The van der Waals surface area contributed by atoms with Crippen molar-refractivity contribution in [1.29, 1.82) is 0 Å². The summed E-state index contributed by atoms with van der Waals surface area (Å²) in [4.78, 5) is 0. The van der Waals surface area contributed by atoms with Crippen LogP contribution in [0.4, 0.5) is 0 Å². The zero-order chi connectivity index (χ0) is 11.0. The molecule has 1 aromatic rings. The number of rotatable bonds is 2. The quantitative estimate of drug-likeness (QED) is 0.754. The van der Waals surface area contributed by atoms with E-state index in [1.165, 1.54) is 0 Å². The van der Waals surface area contributed by atoms with Crippen molar-refractivity contribution in [2.45, 2.75) is 24.6 Å². The van der Waals surface area contributed by atoms with Crippen LogP contribution in [0.5, 0.6) is 0 Å². The molecule has 4 atom stereocenters. The van der Waals surface area contributed by atoms with Crippen molar-refractivity contribution >= 4 is 0 Å². The fraction of sp³-hybridized carbons (Fsp3) is 0.500. The Morgan fingerprint density at radius 3 is 2.50 bits per heavy atom.